The largest absolute Gasteiger partial charge is 0.350 e. The standard InChI is InChI=1S/C27H32N2O/c1-5-23-17-25(13-14-26(23)24-12-11-19(2)20(3)16-24)27(30)29-21(4)8-6-9-22-10-7-15-28-18-22/h7,10-18,21H,5-6,8-9H2,1-4H3,(H,29,30). The van der Waals surface area contributed by atoms with E-state index in [4.69, 9.17) is 0 Å². The van der Waals surface area contributed by atoms with Crippen molar-refractivity contribution in [1.29, 1.82) is 0 Å². The lowest BCUT2D eigenvalue weighted by molar-refractivity contribution is 0.0938. The fourth-order valence-corrected chi connectivity index (χ4v) is 3.76. The van der Waals surface area contributed by atoms with Crippen LogP contribution in [-0.4, -0.2) is 16.9 Å². The molecular weight excluding hydrogens is 368 g/mol. The number of nitrogens with one attached hydrogen (secondary N) is 1. The zero-order chi connectivity index (χ0) is 21.5. The summed E-state index contributed by atoms with van der Waals surface area (Å²) in [7, 11) is 0. The number of aryl methyl sites for hydroxylation is 4. The molecule has 0 aliphatic rings. The van der Waals surface area contributed by atoms with Gasteiger partial charge >= 0.3 is 0 Å². The highest BCUT2D eigenvalue weighted by Gasteiger charge is 2.13. The molecule has 1 aromatic heterocycles. The van der Waals surface area contributed by atoms with Gasteiger partial charge in [-0.05, 0) is 98.0 Å². The van der Waals surface area contributed by atoms with Crippen molar-refractivity contribution in [3.05, 3.63) is 88.7 Å². The summed E-state index contributed by atoms with van der Waals surface area (Å²) in [5, 5.41) is 3.16. The Bertz CT molecular complexity index is 995. The van der Waals surface area contributed by atoms with Crippen molar-refractivity contribution in [2.24, 2.45) is 0 Å². The summed E-state index contributed by atoms with van der Waals surface area (Å²) in [5.41, 5.74) is 8.19. The van der Waals surface area contributed by atoms with E-state index in [9.17, 15) is 4.79 Å². The predicted molar refractivity (Wildman–Crippen MR) is 125 cm³/mol. The number of aromatic nitrogens is 1. The number of hydrogen-bond acceptors (Lipinski definition) is 2. The first kappa shape index (κ1) is 21.8. The number of rotatable bonds is 8. The lowest BCUT2D eigenvalue weighted by Gasteiger charge is -2.16. The van der Waals surface area contributed by atoms with Gasteiger partial charge in [-0.2, -0.15) is 0 Å². The monoisotopic (exact) mass is 400 g/mol. The summed E-state index contributed by atoms with van der Waals surface area (Å²) in [6.07, 6.45) is 7.55. The fraction of sp³-hybridized carbons (Fsp3) is 0.333. The molecule has 0 aliphatic heterocycles. The first-order valence-corrected chi connectivity index (χ1v) is 10.9. The van der Waals surface area contributed by atoms with Crippen molar-refractivity contribution < 1.29 is 4.79 Å². The molecule has 1 amide bonds. The molecule has 0 radical (unpaired) electrons. The van der Waals surface area contributed by atoms with E-state index in [0.29, 0.717) is 0 Å². The molecule has 0 fully saturated rings. The Labute approximate surface area is 180 Å². The Morgan fingerprint density at radius 2 is 1.90 bits per heavy atom. The second-order valence-electron chi connectivity index (χ2n) is 8.15. The molecular formula is C27H32N2O. The van der Waals surface area contributed by atoms with Crippen molar-refractivity contribution in [3.63, 3.8) is 0 Å². The lowest BCUT2D eigenvalue weighted by Crippen LogP contribution is -2.32. The first-order valence-electron chi connectivity index (χ1n) is 10.9. The second kappa shape index (κ2) is 10.2. The molecule has 0 saturated heterocycles. The molecule has 30 heavy (non-hydrogen) atoms. The molecule has 3 rings (SSSR count). The second-order valence-corrected chi connectivity index (χ2v) is 8.15. The number of nitrogens with zero attached hydrogens (tertiary/aromatic N) is 1. The summed E-state index contributed by atoms with van der Waals surface area (Å²) < 4.78 is 0. The summed E-state index contributed by atoms with van der Waals surface area (Å²) >= 11 is 0. The minimum absolute atomic E-state index is 0.00483. The van der Waals surface area contributed by atoms with E-state index < -0.39 is 0 Å². The van der Waals surface area contributed by atoms with Crippen molar-refractivity contribution >= 4 is 5.91 Å². The van der Waals surface area contributed by atoms with Gasteiger partial charge in [-0.15, -0.1) is 0 Å². The van der Waals surface area contributed by atoms with Crippen LogP contribution in [0.4, 0.5) is 0 Å². The molecule has 3 heteroatoms. The van der Waals surface area contributed by atoms with Crippen LogP contribution >= 0.6 is 0 Å². The van der Waals surface area contributed by atoms with Crippen LogP contribution in [-0.2, 0) is 12.8 Å². The van der Waals surface area contributed by atoms with Crippen LogP contribution in [0.3, 0.4) is 0 Å². The lowest BCUT2D eigenvalue weighted by atomic mass is 9.93. The minimum atomic E-state index is 0.00483. The Hall–Kier alpha value is -2.94. The molecule has 3 aromatic rings. The Balaban J connectivity index is 1.63. The average molecular weight is 401 g/mol. The van der Waals surface area contributed by atoms with Crippen LogP contribution in [0.1, 0.15) is 59.3 Å². The maximum atomic E-state index is 12.8. The number of carbonyl (C=O) groups is 1. The van der Waals surface area contributed by atoms with E-state index in [-0.39, 0.29) is 11.9 Å². The predicted octanol–water partition coefficient (Wildman–Crippen LogP) is 6.07. The van der Waals surface area contributed by atoms with Gasteiger partial charge in [0, 0.05) is 24.0 Å². The van der Waals surface area contributed by atoms with E-state index >= 15 is 0 Å². The molecule has 0 saturated carbocycles. The smallest absolute Gasteiger partial charge is 0.251 e. The van der Waals surface area contributed by atoms with Crippen LogP contribution in [0, 0.1) is 13.8 Å². The zero-order valence-corrected chi connectivity index (χ0v) is 18.5. The highest BCUT2D eigenvalue weighted by atomic mass is 16.1. The Kier molecular flexibility index (Phi) is 7.40. The molecule has 1 unspecified atom stereocenters. The third-order valence-corrected chi connectivity index (χ3v) is 5.77. The summed E-state index contributed by atoms with van der Waals surface area (Å²) in [5.74, 6) is 0.00483. The van der Waals surface area contributed by atoms with Crippen LogP contribution in [0.25, 0.3) is 11.1 Å². The van der Waals surface area contributed by atoms with Gasteiger partial charge in [0.15, 0.2) is 0 Å². The van der Waals surface area contributed by atoms with Gasteiger partial charge in [0.2, 0.25) is 0 Å². The van der Waals surface area contributed by atoms with Crippen LogP contribution in [0.5, 0.6) is 0 Å². The Morgan fingerprint density at radius 1 is 1.07 bits per heavy atom. The van der Waals surface area contributed by atoms with E-state index in [1.807, 2.05) is 24.4 Å². The Morgan fingerprint density at radius 3 is 2.60 bits per heavy atom. The van der Waals surface area contributed by atoms with Gasteiger partial charge in [-0.1, -0.05) is 37.3 Å². The van der Waals surface area contributed by atoms with E-state index in [0.717, 1.165) is 31.2 Å². The zero-order valence-electron chi connectivity index (χ0n) is 18.5. The van der Waals surface area contributed by atoms with Gasteiger partial charge in [0.05, 0.1) is 0 Å². The number of carbonyl (C=O) groups excluding carboxylic acids is 1. The quantitative estimate of drug-likeness (QED) is 0.499. The van der Waals surface area contributed by atoms with Gasteiger partial charge in [0.25, 0.3) is 5.91 Å². The minimum Gasteiger partial charge on any atom is -0.350 e. The number of pyridine rings is 1. The normalized spacial score (nSPS) is 11.9. The van der Waals surface area contributed by atoms with Crippen LogP contribution in [0.15, 0.2) is 60.9 Å². The molecule has 3 nitrogen and oxygen atoms in total. The number of benzene rings is 2. The number of amides is 1. The first-order chi connectivity index (χ1) is 14.5. The van der Waals surface area contributed by atoms with E-state index in [1.54, 1.807) is 6.20 Å². The van der Waals surface area contributed by atoms with Crippen molar-refractivity contribution in [3.8, 4) is 11.1 Å². The molecule has 1 N–H and O–H groups in total. The molecule has 156 valence electrons. The molecule has 0 spiro atoms. The van der Waals surface area contributed by atoms with Crippen LogP contribution in [0.2, 0.25) is 0 Å². The third kappa shape index (κ3) is 5.56. The van der Waals surface area contributed by atoms with Gasteiger partial charge in [-0.25, -0.2) is 0 Å². The van der Waals surface area contributed by atoms with E-state index in [2.05, 4.69) is 68.3 Å². The molecule has 0 aliphatic carbocycles. The van der Waals surface area contributed by atoms with Gasteiger partial charge < -0.3 is 5.32 Å². The van der Waals surface area contributed by atoms with Gasteiger partial charge in [0.1, 0.15) is 0 Å². The molecule has 1 atom stereocenters. The third-order valence-electron chi connectivity index (χ3n) is 5.77. The molecule has 1 heterocycles. The SMILES string of the molecule is CCc1cc(C(=O)NC(C)CCCc2cccnc2)ccc1-c1ccc(C)c(C)c1. The highest BCUT2D eigenvalue weighted by Crippen LogP contribution is 2.27. The van der Waals surface area contributed by atoms with Gasteiger partial charge in [-0.3, -0.25) is 9.78 Å². The summed E-state index contributed by atoms with van der Waals surface area (Å²) in [6.45, 7) is 8.49. The molecule has 0 bridgehead atoms. The fourth-order valence-electron chi connectivity index (χ4n) is 3.76. The maximum absolute atomic E-state index is 12.8. The van der Waals surface area contributed by atoms with Crippen LogP contribution < -0.4 is 5.32 Å². The average Bonchev–Trinajstić information content (AvgIpc) is 2.76. The summed E-state index contributed by atoms with van der Waals surface area (Å²) in [6, 6.07) is 16.8. The number of hydrogen-bond donors (Lipinski definition) is 1. The molecule has 2 aromatic carbocycles. The topological polar surface area (TPSA) is 42.0 Å². The van der Waals surface area contributed by atoms with Crippen molar-refractivity contribution in [1.82, 2.24) is 10.3 Å². The summed E-state index contributed by atoms with van der Waals surface area (Å²) in [4.78, 5) is 16.9. The van der Waals surface area contributed by atoms with E-state index in [1.165, 1.54) is 33.4 Å². The van der Waals surface area contributed by atoms with Crippen molar-refractivity contribution in [2.75, 3.05) is 0 Å². The highest BCUT2D eigenvalue weighted by molar-refractivity contribution is 5.95. The maximum Gasteiger partial charge on any atom is 0.251 e. The van der Waals surface area contributed by atoms with Crippen molar-refractivity contribution in [2.45, 2.75) is 59.4 Å².